The molecule has 2 aromatic heterocycles. The van der Waals surface area contributed by atoms with Gasteiger partial charge < -0.3 is 16.4 Å². The third kappa shape index (κ3) is 5.40. The van der Waals surface area contributed by atoms with Crippen molar-refractivity contribution in [3.63, 3.8) is 0 Å². The number of primary amides is 1. The number of hydrogen-bond acceptors (Lipinski definition) is 5. The molecule has 1 unspecified atom stereocenters. The molecule has 9 heteroatoms. The van der Waals surface area contributed by atoms with Crippen molar-refractivity contribution in [2.24, 2.45) is 5.73 Å². The number of nitrogens with zero attached hydrogens (tertiary/aromatic N) is 2. The zero-order valence-corrected chi connectivity index (χ0v) is 15.9. The zero-order chi connectivity index (χ0) is 19.9. The van der Waals surface area contributed by atoms with E-state index in [-0.39, 0.29) is 31.2 Å². The summed E-state index contributed by atoms with van der Waals surface area (Å²) >= 11 is 1.49. The molecule has 3 aromatic rings. The third-order valence-corrected chi connectivity index (χ3v) is 4.86. The van der Waals surface area contributed by atoms with Gasteiger partial charge in [0.1, 0.15) is 6.04 Å². The minimum atomic E-state index is -0.758. The number of hydrogen-bond donors (Lipinski definition) is 3. The molecule has 2 heterocycles. The Morgan fingerprint density at radius 3 is 2.71 bits per heavy atom. The average Bonchev–Trinajstić information content (AvgIpc) is 3.23. The maximum atomic E-state index is 12.5. The Morgan fingerprint density at radius 1 is 1.21 bits per heavy atom. The summed E-state index contributed by atoms with van der Waals surface area (Å²) in [5.41, 5.74) is 6.65. The Labute approximate surface area is 165 Å². The minimum Gasteiger partial charge on any atom is -0.370 e. The van der Waals surface area contributed by atoms with Crippen molar-refractivity contribution in [1.29, 1.82) is 0 Å². The Kier molecular flexibility index (Phi) is 6.38. The Morgan fingerprint density at radius 2 is 2.00 bits per heavy atom. The van der Waals surface area contributed by atoms with Crippen LogP contribution in [0.1, 0.15) is 17.7 Å². The van der Waals surface area contributed by atoms with Crippen LogP contribution in [0.25, 0.3) is 4.96 Å². The highest BCUT2D eigenvalue weighted by Crippen LogP contribution is 2.12. The van der Waals surface area contributed by atoms with Crippen LogP contribution < -0.4 is 16.4 Å². The van der Waals surface area contributed by atoms with E-state index in [0.717, 1.165) is 10.5 Å². The van der Waals surface area contributed by atoms with Crippen molar-refractivity contribution >= 4 is 34.0 Å². The lowest BCUT2D eigenvalue weighted by Gasteiger charge is -2.18. The van der Waals surface area contributed by atoms with E-state index in [9.17, 15) is 14.4 Å². The first-order valence-corrected chi connectivity index (χ1v) is 9.69. The van der Waals surface area contributed by atoms with Gasteiger partial charge in [-0.2, -0.15) is 0 Å². The van der Waals surface area contributed by atoms with Crippen LogP contribution in [0.5, 0.6) is 0 Å². The normalized spacial score (nSPS) is 11.9. The Hall–Kier alpha value is -3.20. The molecule has 3 rings (SSSR count). The summed E-state index contributed by atoms with van der Waals surface area (Å²) in [7, 11) is 0. The van der Waals surface area contributed by atoms with Crippen LogP contribution in [0, 0.1) is 0 Å². The van der Waals surface area contributed by atoms with Gasteiger partial charge in [-0.25, -0.2) is 4.98 Å². The van der Waals surface area contributed by atoms with Gasteiger partial charge in [0.2, 0.25) is 17.7 Å². The monoisotopic (exact) mass is 399 g/mol. The maximum Gasteiger partial charge on any atom is 0.242 e. The quantitative estimate of drug-likeness (QED) is 0.490. The molecule has 3 amide bonds. The highest BCUT2D eigenvalue weighted by Gasteiger charge is 2.22. The summed E-state index contributed by atoms with van der Waals surface area (Å²) in [5.74, 6) is -1.15. The first-order chi connectivity index (χ1) is 13.5. The van der Waals surface area contributed by atoms with Crippen molar-refractivity contribution in [3.05, 3.63) is 59.4 Å². The van der Waals surface area contributed by atoms with Gasteiger partial charge in [-0.05, 0) is 5.56 Å². The average molecular weight is 399 g/mol. The number of benzene rings is 1. The molecule has 0 radical (unpaired) electrons. The van der Waals surface area contributed by atoms with E-state index in [1.807, 2.05) is 46.3 Å². The van der Waals surface area contributed by atoms with Gasteiger partial charge in [0.25, 0.3) is 0 Å². The highest BCUT2D eigenvalue weighted by atomic mass is 32.1. The lowest BCUT2D eigenvalue weighted by molar-refractivity contribution is -0.128. The molecule has 0 aliphatic carbocycles. The summed E-state index contributed by atoms with van der Waals surface area (Å²) in [4.78, 5) is 41.1. The fourth-order valence-corrected chi connectivity index (χ4v) is 3.48. The summed E-state index contributed by atoms with van der Waals surface area (Å²) in [6.07, 6.45) is 4.13. The molecule has 1 aromatic carbocycles. The molecule has 0 saturated heterocycles. The third-order valence-electron chi connectivity index (χ3n) is 4.09. The molecule has 28 heavy (non-hydrogen) atoms. The molecule has 8 nitrogen and oxygen atoms in total. The van der Waals surface area contributed by atoms with Gasteiger partial charge >= 0.3 is 0 Å². The summed E-state index contributed by atoms with van der Waals surface area (Å²) < 4.78 is 1.85. The van der Waals surface area contributed by atoms with E-state index in [2.05, 4.69) is 15.6 Å². The number of aromatic nitrogens is 2. The second kappa shape index (κ2) is 9.14. The molecule has 1 atom stereocenters. The zero-order valence-electron chi connectivity index (χ0n) is 15.1. The number of fused-ring (bicyclic) bond motifs is 1. The van der Waals surface area contributed by atoms with Crippen LogP contribution in [0.3, 0.4) is 0 Å². The smallest absolute Gasteiger partial charge is 0.242 e. The van der Waals surface area contributed by atoms with Crippen LogP contribution in [-0.2, 0) is 27.2 Å². The molecule has 0 bridgehead atoms. The fraction of sp³-hybridized carbons (Fsp3) is 0.263. The molecule has 146 valence electrons. The van der Waals surface area contributed by atoms with Gasteiger partial charge in [-0.15, -0.1) is 11.3 Å². The van der Waals surface area contributed by atoms with Crippen LogP contribution >= 0.6 is 11.3 Å². The Balaban J connectivity index is 1.64. The lowest BCUT2D eigenvalue weighted by atomic mass is 10.0. The van der Waals surface area contributed by atoms with E-state index >= 15 is 0 Å². The van der Waals surface area contributed by atoms with E-state index in [4.69, 9.17) is 5.73 Å². The van der Waals surface area contributed by atoms with Crippen molar-refractivity contribution in [1.82, 2.24) is 20.0 Å². The number of nitrogens with one attached hydrogen (secondary N) is 2. The molecule has 0 aliphatic heterocycles. The van der Waals surface area contributed by atoms with Crippen molar-refractivity contribution in [2.45, 2.75) is 25.3 Å². The van der Waals surface area contributed by atoms with Crippen molar-refractivity contribution in [2.75, 3.05) is 6.54 Å². The van der Waals surface area contributed by atoms with Crippen LogP contribution in [0.2, 0.25) is 0 Å². The molecular formula is C19H21N5O3S. The van der Waals surface area contributed by atoms with Gasteiger partial charge in [0.15, 0.2) is 4.96 Å². The number of imidazole rings is 1. The SMILES string of the molecule is NC(=O)CCNC(=O)C(Cc1ccccc1)NC(=O)Cc1cn2ccsc2n1. The largest absolute Gasteiger partial charge is 0.370 e. The number of carbonyl (C=O) groups excluding carboxylic acids is 3. The molecule has 4 N–H and O–H groups in total. The number of amides is 3. The van der Waals surface area contributed by atoms with E-state index < -0.39 is 11.9 Å². The van der Waals surface area contributed by atoms with Crippen LogP contribution in [0.15, 0.2) is 48.1 Å². The predicted octanol–water partition coefficient (Wildman–Crippen LogP) is 0.657. The van der Waals surface area contributed by atoms with Gasteiger partial charge in [0, 0.05) is 37.2 Å². The molecule has 0 aliphatic rings. The van der Waals surface area contributed by atoms with Crippen molar-refractivity contribution < 1.29 is 14.4 Å². The summed E-state index contributed by atoms with van der Waals surface area (Å²) in [5, 5.41) is 7.34. The number of carbonyl (C=O) groups is 3. The summed E-state index contributed by atoms with van der Waals surface area (Å²) in [6, 6.07) is 8.65. The van der Waals surface area contributed by atoms with Gasteiger partial charge in [-0.3, -0.25) is 18.8 Å². The Bertz CT molecular complexity index is 938. The predicted molar refractivity (Wildman–Crippen MR) is 106 cm³/mol. The van der Waals surface area contributed by atoms with Gasteiger partial charge in [0.05, 0.1) is 12.1 Å². The van der Waals surface area contributed by atoms with E-state index in [0.29, 0.717) is 12.1 Å². The molecular weight excluding hydrogens is 378 g/mol. The van der Waals surface area contributed by atoms with E-state index in [1.165, 1.54) is 11.3 Å². The topological polar surface area (TPSA) is 119 Å². The van der Waals surface area contributed by atoms with Gasteiger partial charge in [-0.1, -0.05) is 30.3 Å². The number of rotatable bonds is 9. The second-order valence-corrected chi connectivity index (χ2v) is 7.19. The molecule has 0 spiro atoms. The first kappa shape index (κ1) is 19.6. The summed E-state index contributed by atoms with van der Waals surface area (Å²) in [6.45, 7) is 0.132. The molecule has 0 fully saturated rings. The fourth-order valence-electron chi connectivity index (χ4n) is 2.76. The van der Waals surface area contributed by atoms with E-state index in [1.54, 1.807) is 6.20 Å². The first-order valence-electron chi connectivity index (χ1n) is 8.81. The van der Waals surface area contributed by atoms with Crippen LogP contribution in [0.4, 0.5) is 0 Å². The van der Waals surface area contributed by atoms with Crippen molar-refractivity contribution in [3.8, 4) is 0 Å². The standard InChI is InChI=1S/C19H21N5O3S/c20-16(25)6-7-21-18(27)15(10-13-4-2-1-3-5-13)23-17(26)11-14-12-24-8-9-28-19(24)22-14/h1-5,8-9,12,15H,6-7,10-11H2,(H2,20,25)(H,21,27)(H,23,26). The van der Waals surface area contributed by atoms with Crippen LogP contribution in [-0.4, -0.2) is 39.7 Å². The number of thiazole rings is 1. The highest BCUT2D eigenvalue weighted by molar-refractivity contribution is 7.15. The maximum absolute atomic E-state index is 12.5. The second-order valence-electron chi connectivity index (χ2n) is 6.32. The molecule has 0 saturated carbocycles. The lowest BCUT2D eigenvalue weighted by Crippen LogP contribution is -2.49. The number of nitrogens with two attached hydrogens (primary N) is 1. The minimum absolute atomic E-state index is 0.0448.